The summed E-state index contributed by atoms with van der Waals surface area (Å²) in [6.45, 7) is 10.2. The van der Waals surface area contributed by atoms with Crippen LogP contribution in [0.3, 0.4) is 0 Å². The highest BCUT2D eigenvalue weighted by atomic mass is 15.2. The second kappa shape index (κ2) is 4.69. The molecule has 0 atom stereocenters. The Morgan fingerprint density at radius 1 is 1.35 bits per heavy atom. The van der Waals surface area contributed by atoms with E-state index in [1.54, 1.807) is 0 Å². The first kappa shape index (κ1) is 12.4. The molecule has 2 rings (SSSR count). The number of nitrogens with one attached hydrogen (secondary N) is 1. The second-order valence-corrected chi connectivity index (χ2v) is 5.98. The first-order valence-corrected chi connectivity index (χ1v) is 6.51. The minimum Gasteiger partial charge on any atom is -0.371 e. The lowest BCUT2D eigenvalue weighted by molar-refractivity contribution is 0.418. The molecule has 0 bridgehead atoms. The maximum Gasteiger partial charge on any atom is 0.0369 e. The molecule has 0 radical (unpaired) electrons. The molecule has 1 N–H and O–H groups in total. The van der Waals surface area contributed by atoms with Crippen molar-refractivity contribution in [2.24, 2.45) is 5.41 Å². The van der Waals surface area contributed by atoms with Gasteiger partial charge in [-0.15, -0.1) is 0 Å². The van der Waals surface area contributed by atoms with Gasteiger partial charge in [-0.1, -0.05) is 19.9 Å². The molecular formula is C15H24N2. The molecule has 1 saturated heterocycles. The quantitative estimate of drug-likeness (QED) is 0.862. The molecule has 1 aromatic rings. The van der Waals surface area contributed by atoms with E-state index >= 15 is 0 Å². The van der Waals surface area contributed by atoms with Gasteiger partial charge in [-0.05, 0) is 49.1 Å². The monoisotopic (exact) mass is 232 g/mol. The SMILES string of the molecule is CNCc1ccc(N2CCC(C)(C)C2)cc1C. The molecule has 1 aromatic carbocycles. The van der Waals surface area contributed by atoms with Crippen molar-refractivity contribution < 1.29 is 0 Å². The average Bonchev–Trinajstić information content (AvgIpc) is 2.62. The maximum absolute atomic E-state index is 3.21. The summed E-state index contributed by atoms with van der Waals surface area (Å²) in [5.74, 6) is 0. The largest absolute Gasteiger partial charge is 0.371 e. The fourth-order valence-corrected chi connectivity index (χ4v) is 2.60. The van der Waals surface area contributed by atoms with Crippen LogP contribution in [0.1, 0.15) is 31.4 Å². The van der Waals surface area contributed by atoms with Gasteiger partial charge in [-0.2, -0.15) is 0 Å². The predicted molar refractivity (Wildman–Crippen MR) is 74.6 cm³/mol. The van der Waals surface area contributed by atoms with Crippen LogP contribution in [-0.4, -0.2) is 20.1 Å². The third kappa shape index (κ3) is 2.81. The van der Waals surface area contributed by atoms with Gasteiger partial charge in [-0.25, -0.2) is 0 Å². The molecule has 1 fully saturated rings. The first-order chi connectivity index (χ1) is 8.02. The van der Waals surface area contributed by atoms with Crippen molar-refractivity contribution in [3.63, 3.8) is 0 Å². The van der Waals surface area contributed by atoms with E-state index in [1.807, 2.05) is 7.05 Å². The highest BCUT2D eigenvalue weighted by Gasteiger charge is 2.29. The summed E-state index contributed by atoms with van der Waals surface area (Å²) in [6, 6.07) is 6.85. The lowest BCUT2D eigenvalue weighted by Crippen LogP contribution is -2.22. The van der Waals surface area contributed by atoms with E-state index in [0.29, 0.717) is 5.41 Å². The van der Waals surface area contributed by atoms with Crippen molar-refractivity contribution in [3.8, 4) is 0 Å². The molecule has 0 amide bonds. The van der Waals surface area contributed by atoms with E-state index in [0.717, 1.165) is 6.54 Å². The fraction of sp³-hybridized carbons (Fsp3) is 0.600. The third-order valence-electron chi connectivity index (χ3n) is 3.74. The number of nitrogens with zero attached hydrogens (tertiary/aromatic N) is 1. The van der Waals surface area contributed by atoms with Crippen LogP contribution in [0.15, 0.2) is 18.2 Å². The second-order valence-electron chi connectivity index (χ2n) is 5.98. The minimum atomic E-state index is 0.470. The van der Waals surface area contributed by atoms with Gasteiger partial charge in [-0.3, -0.25) is 0 Å². The molecule has 2 heteroatoms. The van der Waals surface area contributed by atoms with E-state index in [4.69, 9.17) is 0 Å². The zero-order valence-electron chi connectivity index (χ0n) is 11.5. The van der Waals surface area contributed by atoms with Crippen LogP contribution in [0.5, 0.6) is 0 Å². The van der Waals surface area contributed by atoms with Crippen LogP contribution >= 0.6 is 0 Å². The van der Waals surface area contributed by atoms with Gasteiger partial charge < -0.3 is 10.2 Å². The molecule has 1 heterocycles. The van der Waals surface area contributed by atoms with Crippen LogP contribution < -0.4 is 10.2 Å². The van der Waals surface area contributed by atoms with Gasteiger partial charge in [0.1, 0.15) is 0 Å². The Balaban J connectivity index is 2.15. The summed E-state index contributed by atoms with van der Waals surface area (Å²) in [5, 5.41) is 3.21. The van der Waals surface area contributed by atoms with Crippen LogP contribution in [0.4, 0.5) is 5.69 Å². The average molecular weight is 232 g/mol. The summed E-state index contributed by atoms with van der Waals surface area (Å²) < 4.78 is 0. The van der Waals surface area contributed by atoms with Gasteiger partial charge in [0.15, 0.2) is 0 Å². The predicted octanol–water partition coefficient (Wildman–Crippen LogP) is 2.95. The number of hydrogen-bond acceptors (Lipinski definition) is 2. The standard InChI is InChI=1S/C15H24N2/c1-12-9-14(6-5-13(12)10-16-4)17-8-7-15(2,3)11-17/h5-6,9,16H,7-8,10-11H2,1-4H3. The Morgan fingerprint density at radius 2 is 2.12 bits per heavy atom. The minimum absolute atomic E-state index is 0.470. The molecule has 0 saturated carbocycles. The van der Waals surface area contributed by atoms with Crippen LogP contribution in [0, 0.1) is 12.3 Å². The maximum atomic E-state index is 3.21. The van der Waals surface area contributed by atoms with Gasteiger partial charge in [0.2, 0.25) is 0 Å². The molecule has 17 heavy (non-hydrogen) atoms. The van der Waals surface area contributed by atoms with Gasteiger partial charge in [0, 0.05) is 25.3 Å². The van der Waals surface area contributed by atoms with Crippen LogP contribution in [0.2, 0.25) is 0 Å². The van der Waals surface area contributed by atoms with E-state index < -0.39 is 0 Å². The topological polar surface area (TPSA) is 15.3 Å². The van der Waals surface area contributed by atoms with Crippen molar-refractivity contribution in [1.29, 1.82) is 0 Å². The fourth-order valence-electron chi connectivity index (χ4n) is 2.60. The normalized spacial score (nSPS) is 18.7. The molecule has 0 aromatic heterocycles. The number of anilines is 1. The van der Waals surface area contributed by atoms with Gasteiger partial charge >= 0.3 is 0 Å². The zero-order valence-corrected chi connectivity index (χ0v) is 11.5. The first-order valence-electron chi connectivity index (χ1n) is 6.51. The van der Waals surface area contributed by atoms with Crippen LogP contribution in [0.25, 0.3) is 0 Å². The Labute approximate surface area is 105 Å². The Kier molecular flexibility index (Phi) is 3.43. The molecule has 1 aliphatic heterocycles. The van der Waals surface area contributed by atoms with Gasteiger partial charge in [0.05, 0.1) is 0 Å². The highest BCUT2D eigenvalue weighted by molar-refractivity contribution is 5.51. The summed E-state index contributed by atoms with van der Waals surface area (Å²) in [5.41, 5.74) is 4.64. The Hall–Kier alpha value is -1.02. The van der Waals surface area contributed by atoms with E-state index in [2.05, 4.69) is 49.2 Å². The van der Waals surface area contributed by atoms with Crippen molar-refractivity contribution in [1.82, 2.24) is 5.32 Å². The molecule has 2 nitrogen and oxygen atoms in total. The third-order valence-corrected chi connectivity index (χ3v) is 3.74. The zero-order chi connectivity index (χ0) is 12.5. The number of aryl methyl sites for hydroxylation is 1. The van der Waals surface area contributed by atoms with Crippen molar-refractivity contribution >= 4 is 5.69 Å². The highest BCUT2D eigenvalue weighted by Crippen LogP contribution is 2.33. The molecule has 1 aliphatic rings. The molecule has 94 valence electrons. The molecule has 0 aliphatic carbocycles. The lowest BCUT2D eigenvalue weighted by Gasteiger charge is -2.22. The Morgan fingerprint density at radius 3 is 2.65 bits per heavy atom. The van der Waals surface area contributed by atoms with E-state index in [9.17, 15) is 0 Å². The molecule has 0 spiro atoms. The summed E-state index contributed by atoms with van der Waals surface area (Å²) in [7, 11) is 2.00. The number of rotatable bonds is 3. The number of hydrogen-bond donors (Lipinski definition) is 1. The van der Waals surface area contributed by atoms with Crippen molar-refractivity contribution in [2.45, 2.75) is 33.7 Å². The smallest absolute Gasteiger partial charge is 0.0369 e. The van der Waals surface area contributed by atoms with Crippen molar-refractivity contribution in [3.05, 3.63) is 29.3 Å². The summed E-state index contributed by atoms with van der Waals surface area (Å²) in [4.78, 5) is 2.51. The van der Waals surface area contributed by atoms with Crippen LogP contribution in [-0.2, 0) is 6.54 Å². The van der Waals surface area contributed by atoms with Crippen molar-refractivity contribution in [2.75, 3.05) is 25.0 Å². The number of benzene rings is 1. The van der Waals surface area contributed by atoms with E-state index in [1.165, 1.54) is 36.3 Å². The molecule has 0 unspecified atom stereocenters. The Bertz CT molecular complexity index is 396. The summed E-state index contributed by atoms with van der Waals surface area (Å²) >= 11 is 0. The summed E-state index contributed by atoms with van der Waals surface area (Å²) in [6.07, 6.45) is 1.30. The lowest BCUT2D eigenvalue weighted by atomic mass is 9.93. The molecular weight excluding hydrogens is 208 g/mol. The van der Waals surface area contributed by atoms with E-state index in [-0.39, 0.29) is 0 Å². The van der Waals surface area contributed by atoms with Gasteiger partial charge in [0.25, 0.3) is 0 Å².